The minimum atomic E-state index is 0.0166. The first kappa shape index (κ1) is 14.0. The van der Waals surface area contributed by atoms with Gasteiger partial charge in [-0.3, -0.25) is 4.79 Å². The fourth-order valence-corrected chi connectivity index (χ4v) is 0.985. The number of hydrogen-bond donors (Lipinski definition) is 3. The first-order valence-electron chi connectivity index (χ1n) is 5.59. The van der Waals surface area contributed by atoms with Crippen molar-refractivity contribution in [1.29, 1.82) is 0 Å². The predicted molar refractivity (Wildman–Crippen MR) is 63.6 cm³/mol. The minimum Gasteiger partial charge on any atom is -0.380 e. The average molecular weight is 213 g/mol. The second kappa shape index (κ2) is 9.52. The van der Waals surface area contributed by atoms with Crippen molar-refractivity contribution in [3.63, 3.8) is 0 Å². The molecular formula is C11H23N3O. The van der Waals surface area contributed by atoms with E-state index in [2.05, 4.69) is 29.5 Å². The van der Waals surface area contributed by atoms with Gasteiger partial charge >= 0.3 is 0 Å². The van der Waals surface area contributed by atoms with Crippen LogP contribution in [-0.4, -0.2) is 32.1 Å². The van der Waals surface area contributed by atoms with Crippen LogP contribution >= 0.6 is 0 Å². The van der Waals surface area contributed by atoms with Crippen molar-refractivity contribution in [3.8, 4) is 0 Å². The Morgan fingerprint density at radius 3 is 2.47 bits per heavy atom. The summed E-state index contributed by atoms with van der Waals surface area (Å²) in [6, 6.07) is 0. The zero-order valence-corrected chi connectivity index (χ0v) is 9.86. The van der Waals surface area contributed by atoms with Crippen LogP contribution < -0.4 is 16.0 Å². The number of allylic oxidation sites excluding steroid dienone is 1. The van der Waals surface area contributed by atoms with Crippen molar-refractivity contribution in [2.24, 2.45) is 0 Å². The summed E-state index contributed by atoms with van der Waals surface area (Å²) >= 11 is 0. The predicted octanol–water partition coefficient (Wildman–Crippen LogP) is 0.615. The number of amides is 1. The lowest BCUT2D eigenvalue weighted by Crippen LogP contribution is -2.37. The van der Waals surface area contributed by atoms with Crippen molar-refractivity contribution in [1.82, 2.24) is 16.0 Å². The van der Waals surface area contributed by atoms with E-state index in [1.54, 1.807) is 0 Å². The average Bonchev–Trinajstić information content (AvgIpc) is 2.25. The monoisotopic (exact) mass is 213 g/mol. The molecule has 1 amide bonds. The van der Waals surface area contributed by atoms with Gasteiger partial charge in [-0.2, -0.15) is 0 Å². The van der Waals surface area contributed by atoms with Crippen LogP contribution in [0.25, 0.3) is 0 Å². The van der Waals surface area contributed by atoms with Gasteiger partial charge in [-0.05, 0) is 19.4 Å². The molecule has 3 N–H and O–H groups in total. The summed E-state index contributed by atoms with van der Waals surface area (Å²) in [5, 5.41) is 8.99. The maximum absolute atomic E-state index is 11.3. The molecule has 0 radical (unpaired) electrons. The van der Waals surface area contributed by atoms with Crippen molar-refractivity contribution in [2.45, 2.75) is 26.7 Å². The molecule has 15 heavy (non-hydrogen) atoms. The van der Waals surface area contributed by atoms with Gasteiger partial charge in [0.1, 0.15) is 0 Å². The zero-order chi connectivity index (χ0) is 11.5. The number of carbonyl (C=O) groups is 1. The molecule has 0 spiro atoms. The smallest absolute Gasteiger partial charge is 0.239 e. The summed E-state index contributed by atoms with van der Waals surface area (Å²) in [4.78, 5) is 11.3. The molecule has 88 valence electrons. The third kappa shape index (κ3) is 9.28. The van der Waals surface area contributed by atoms with Gasteiger partial charge < -0.3 is 16.0 Å². The van der Waals surface area contributed by atoms with Crippen LogP contribution in [0.15, 0.2) is 12.3 Å². The normalized spacial score (nSPS) is 9.73. The van der Waals surface area contributed by atoms with E-state index in [9.17, 15) is 4.79 Å². The van der Waals surface area contributed by atoms with Crippen molar-refractivity contribution in [3.05, 3.63) is 12.3 Å². The summed E-state index contributed by atoms with van der Waals surface area (Å²) in [6.45, 7) is 10.7. The largest absolute Gasteiger partial charge is 0.380 e. The lowest BCUT2D eigenvalue weighted by Gasteiger charge is -2.08. The highest BCUT2D eigenvalue weighted by Crippen LogP contribution is 1.87. The van der Waals surface area contributed by atoms with E-state index < -0.39 is 0 Å². The van der Waals surface area contributed by atoms with E-state index in [-0.39, 0.29) is 5.91 Å². The molecule has 0 aliphatic heterocycles. The quantitative estimate of drug-likeness (QED) is 0.492. The Bertz CT molecular complexity index is 192. The van der Waals surface area contributed by atoms with Crippen molar-refractivity contribution >= 4 is 5.91 Å². The fraction of sp³-hybridized carbons (Fsp3) is 0.727. The summed E-state index contributed by atoms with van der Waals surface area (Å²) in [6.07, 6.45) is 1.97. The second-order valence-electron chi connectivity index (χ2n) is 3.41. The summed E-state index contributed by atoms with van der Waals surface area (Å²) in [7, 11) is 0. The van der Waals surface area contributed by atoms with E-state index in [0.29, 0.717) is 13.1 Å². The van der Waals surface area contributed by atoms with Gasteiger partial charge in [0, 0.05) is 18.8 Å². The Labute approximate surface area is 92.5 Å². The van der Waals surface area contributed by atoms with E-state index in [4.69, 9.17) is 0 Å². The first-order chi connectivity index (χ1) is 7.20. The maximum Gasteiger partial charge on any atom is 0.239 e. The lowest BCUT2D eigenvalue weighted by molar-refractivity contribution is -0.120. The fourth-order valence-electron chi connectivity index (χ4n) is 0.985. The van der Waals surface area contributed by atoms with Gasteiger partial charge in [-0.1, -0.05) is 20.4 Å². The van der Waals surface area contributed by atoms with E-state index >= 15 is 0 Å². The lowest BCUT2D eigenvalue weighted by atomic mass is 10.4. The summed E-state index contributed by atoms with van der Waals surface area (Å²) < 4.78 is 0. The van der Waals surface area contributed by atoms with Crippen LogP contribution in [0.4, 0.5) is 0 Å². The Kier molecular flexibility index (Phi) is 8.87. The third-order valence-corrected chi connectivity index (χ3v) is 1.98. The number of carbonyl (C=O) groups excluding carboxylic acids is 1. The number of rotatable bonds is 9. The van der Waals surface area contributed by atoms with Crippen molar-refractivity contribution in [2.75, 3.05) is 26.2 Å². The molecule has 0 saturated carbocycles. The Balaban J connectivity index is 3.30. The van der Waals surface area contributed by atoms with Gasteiger partial charge in [-0.25, -0.2) is 0 Å². The van der Waals surface area contributed by atoms with Crippen LogP contribution in [0, 0.1) is 0 Å². The molecule has 4 nitrogen and oxygen atoms in total. The van der Waals surface area contributed by atoms with Crippen LogP contribution in [0.2, 0.25) is 0 Å². The molecule has 0 aliphatic carbocycles. The molecule has 0 rings (SSSR count). The van der Waals surface area contributed by atoms with E-state index in [1.807, 2.05) is 6.92 Å². The van der Waals surface area contributed by atoms with Gasteiger partial charge in [0.25, 0.3) is 0 Å². The molecule has 0 atom stereocenters. The molecule has 0 fully saturated rings. The summed E-state index contributed by atoms with van der Waals surface area (Å²) in [5.74, 6) is 0.0166. The van der Waals surface area contributed by atoms with E-state index in [1.165, 1.54) is 0 Å². The molecule has 0 saturated heterocycles. The van der Waals surface area contributed by atoms with Gasteiger partial charge in [0.05, 0.1) is 6.54 Å². The molecule has 0 aromatic carbocycles. The van der Waals surface area contributed by atoms with Crippen LogP contribution in [-0.2, 0) is 4.79 Å². The minimum absolute atomic E-state index is 0.0166. The first-order valence-corrected chi connectivity index (χ1v) is 5.59. The SMILES string of the molecule is C=C(CC)NCC(=O)NCCNCCC. The zero-order valence-electron chi connectivity index (χ0n) is 9.86. The molecule has 0 heterocycles. The molecular weight excluding hydrogens is 190 g/mol. The molecule has 0 aromatic heterocycles. The maximum atomic E-state index is 11.3. The Hall–Kier alpha value is -1.03. The summed E-state index contributed by atoms with van der Waals surface area (Å²) in [5.41, 5.74) is 0.897. The highest BCUT2D eigenvalue weighted by molar-refractivity contribution is 5.78. The van der Waals surface area contributed by atoms with Crippen molar-refractivity contribution < 1.29 is 4.79 Å². The topological polar surface area (TPSA) is 53.2 Å². The molecule has 0 bridgehead atoms. The van der Waals surface area contributed by atoms with Crippen LogP contribution in [0.5, 0.6) is 0 Å². The van der Waals surface area contributed by atoms with Crippen LogP contribution in [0.3, 0.4) is 0 Å². The highest BCUT2D eigenvalue weighted by atomic mass is 16.1. The van der Waals surface area contributed by atoms with Gasteiger partial charge in [0.15, 0.2) is 0 Å². The van der Waals surface area contributed by atoms with E-state index in [0.717, 1.165) is 31.6 Å². The Morgan fingerprint density at radius 2 is 1.87 bits per heavy atom. The number of nitrogens with one attached hydrogen (secondary N) is 3. The standard InChI is InChI=1S/C11H23N3O/c1-4-6-12-7-8-13-11(15)9-14-10(3)5-2/h12,14H,3-9H2,1-2H3,(H,13,15). The highest BCUT2D eigenvalue weighted by Gasteiger charge is 1.99. The second-order valence-corrected chi connectivity index (χ2v) is 3.41. The third-order valence-electron chi connectivity index (χ3n) is 1.98. The molecule has 4 heteroatoms. The van der Waals surface area contributed by atoms with Gasteiger partial charge in [-0.15, -0.1) is 0 Å². The molecule has 0 aliphatic rings. The van der Waals surface area contributed by atoms with Gasteiger partial charge in [0.2, 0.25) is 5.91 Å². The Morgan fingerprint density at radius 1 is 1.13 bits per heavy atom. The molecule has 0 aromatic rings. The van der Waals surface area contributed by atoms with Crippen LogP contribution in [0.1, 0.15) is 26.7 Å². The molecule has 0 unspecified atom stereocenters. The number of hydrogen-bond acceptors (Lipinski definition) is 3.